The summed E-state index contributed by atoms with van der Waals surface area (Å²) in [6, 6.07) is 14.2. The Bertz CT molecular complexity index is 835. The number of hydrogen-bond acceptors (Lipinski definition) is 8. The summed E-state index contributed by atoms with van der Waals surface area (Å²) in [7, 11) is 0. The van der Waals surface area contributed by atoms with E-state index in [1.165, 1.54) is 0 Å². The van der Waals surface area contributed by atoms with Crippen molar-refractivity contribution in [1.29, 1.82) is 5.26 Å². The number of benzene rings is 1. The normalized spacial score (nSPS) is 18.0. The molecule has 2 aromatic rings. The molecule has 0 amide bonds. The van der Waals surface area contributed by atoms with Crippen molar-refractivity contribution in [3.63, 3.8) is 0 Å². The molecule has 2 aliphatic rings. The Morgan fingerprint density at radius 3 is 1.90 bits per heavy atom. The summed E-state index contributed by atoms with van der Waals surface area (Å²) in [5.74, 6) is 1.82. The second-order valence-electron chi connectivity index (χ2n) is 7.41. The molecular formula is C21H27N7O. The lowest BCUT2D eigenvalue weighted by Crippen LogP contribution is -2.48. The topological polar surface area (TPSA) is 82.8 Å². The highest BCUT2D eigenvalue weighted by atomic mass is 16.3. The molecule has 8 heteroatoms. The SMILES string of the molecule is N#Cc1ccccc1N1CCN(c2ccc(N3CCN(CCO)CC3)nn2)CC1. The van der Waals surface area contributed by atoms with Crippen LogP contribution in [0.5, 0.6) is 0 Å². The average molecular weight is 393 g/mol. The van der Waals surface area contributed by atoms with Crippen LogP contribution in [0.25, 0.3) is 0 Å². The van der Waals surface area contributed by atoms with Crippen molar-refractivity contribution in [2.45, 2.75) is 0 Å². The highest BCUT2D eigenvalue weighted by Gasteiger charge is 2.22. The predicted octanol–water partition coefficient (Wildman–Crippen LogP) is 0.789. The Morgan fingerprint density at radius 2 is 1.34 bits per heavy atom. The number of hydrogen-bond donors (Lipinski definition) is 1. The van der Waals surface area contributed by atoms with Crippen LogP contribution in [0, 0.1) is 11.3 Å². The average Bonchev–Trinajstić information content (AvgIpc) is 2.80. The number of aliphatic hydroxyl groups excluding tert-OH is 1. The fourth-order valence-corrected chi connectivity index (χ4v) is 4.02. The maximum Gasteiger partial charge on any atom is 0.151 e. The first-order valence-corrected chi connectivity index (χ1v) is 10.2. The first-order chi connectivity index (χ1) is 14.3. The van der Waals surface area contributed by atoms with Crippen molar-refractivity contribution in [2.24, 2.45) is 0 Å². The van der Waals surface area contributed by atoms with Gasteiger partial charge in [0.25, 0.3) is 0 Å². The Labute approximate surface area is 171 Å². The number of aromatic nitrogens is 2. The standard InChI is InChI=1S/C21H27N7O/c22-17-18-3-1-2-4-19(18)26-11-13-28(14-12-26)21-6-5-20(23-24-21)27-9-7-25(8-10-27)15-16-29/h1-6,29H,7-16H2. The van der Waals surface area contributed by atoms with Crippen LogP contribution in [0.15, 0.2) is 36.4 Å². The molecule has 0 atom stereocenters. The van der Waals surface area contributed by atoms with Gasteiger partial charge >= 0.3 is 0 Å². The van der Waals surface area contributed by atoms with Crippen molar-refractivity contribution in [1.82, 2.24) is 15.1 Å². The number of anilines is 3. The minimum atomic E-state index is 0.212. The van der Waals surface area contributed by atoms with Gasteiger partial charge in [-0.2, -0.15) is 5.26 Å². The summed E-state index contributed by atoms with van der Waals surface area (Å²) in [5.41, 5.74) is 1.74. The number of nitriles is 1. The fourth-order valence-electron chi connectivity index (χ4n) is 4.02. The number of aliphatic hydroxyl groups is 1. The fraction of sp³-hybridized carbons (Fsp3) is 0.476. The molecular weight excluding hydrogens is 366 g/mol. The molecule has 0 bridgehead atoms. The minimum absolute atomic E-state index is 0.212. The molecule has 3 heterocycles. The third-order valence-corrected chi connectivity index (χ3v) is 5.72. The lowest BCUT2D eigenvalue weighted by atomic mass is 10.1. The maximum atomic E-state index is 9.33. The zero-order chi connectivity index (χ0) is 20.1. The van der Waals surface area contributed by atoms with E-state index in [0.29, 0.717) is 0 Å². The van der Waals surface area contributed by atoms with E-state index in [9.17, 15) is 5.26 Å². The lowest BCUT2D eigenvalue weighted by molar-refractivity contribution is 0.188. The molecule has 0 spiro atoms. The third kappa shape index (κ3) is 4.42. The van der Waals surface area contributed by atoms with Crippen molar-refractivity contribution < 1.29 is 5.11 Å². The first kappa shape index (κ1) is 19.4. The van der Waals surface area contributed by atoms with Crippen molar-refractivity contribution in [3.05, 3.63) is 42.0 Å². The number of nitrogens with zero attached hydrogens (tertiary/aromatic N) is 7. The highest BCUT2D eigenvalue weighted by molar-refractivity contribution is 5.60. The van der Waals surface area contributed by atoms with Gasteiger partial charge in [-0.05, 0) is 24.3 Å². The van der Waals surface area contributed by atoms with E-state index in [0.717, 1.165) is 81.8 Å². The van der Waals surface area contributed by atoms with Crippen LogP contribution in [-0.2, 0) is 0 Å². The molecule has 1 N–H and O–H groups in total. The summed E-state index contributed by atoms with van der Waals surface area (Å²) in [6.45, 7) is 8.07. The number of piperazine rings is 2. The Hall–Kier alpha value is -2.89. The van der Waals surface area contributed by atoms with Gasteiger partial charge in [0.1, 0.15) is 6.07 Å². The summed E-state index contributed by atoms with van der Waals surface area (Å²) >= 11 is 0. The smallest absolute Gasteiger partial charge is 0.151 e. The second-order valence-corrected chi connectivity index (χ2v) is 7.41. The number of rotatable bonds is 5. The third-order valence-electron chi connectivity index (χ3n) is 5.72. The van der Waals surface area contributed by atoms with Gasteiger partial charge in [-0.15, -0.1) is 10.2 Å². The summed E-state index contributed by atoms with van der Waals surface area (Å²) < 4.78 is 0. The predicted molar refractivity (Wildman–Crippen MR) is 113 cm³/mol. The molecule has 152 valence electrons. The Kier molecular flexibility index (Phi) is 6.08. The minimum Gasteiger partial charge on any atom is -0.395 e. The second kappa shape index (κ2) is 9.07. The zero-order valence-electron chi connectivity index (χ0n) is 16.6. The maximum absolute atomic E-state index is 9.33. The molecule has 29 heavy (non-hydrogen) atoms. The molecule has 8 nitrogen and oxygen atoms in total. The van der Waals surface area contributed by atoms with Crippen molar-refractivity contribution in [3.8, 4) is 6.07 Å². The van der Waals surface area contributed by atoms with Gasteiger partial charge in [0, 0.05) is 58.9 Å². The molecule has 2 fully saturated rings. The molecule has 2 saturated heterocycles. The van der Waals surface area contributed by atoms with Gasteiger partial charge in [0.15, 0.2) is 11.6 Å². The van der Waals surface area contributed by atoms with Gasteiger partial charge in [0.2, 0.25) is 0 Å². The lowest BCUT2D eigenvalue weighted by Gasteiger charge is -2.37. The van der Waals surface area contributed by atoms with E-state index in [4.69, 9.17) is 5.11 Å². The largest absolute Gasteiger partial charge is 0.395 e. The Balaban J connectivity index is 1.33. The van der Waals surface area contributed by atoms with Crippen LogP contribution < -0.4 is 14.7 Å². The van der Waals surface area contributed by atoms with E-state index < -0.39 is 0 Å². The van der Waals surface area contributed by atoms with Crippen LogP contribution in [0.4, 0.5) is 17.3 Å². The van der Waals surface area contributed by atoms with Gasteiger partial charge in [-0.1, -0.05) is 12.1 Å². The molecule has 0 radical (unpaired) electrons. The number of β-amino-alcohol motifs (C(OH)–C–C–N with tert-alkyl or cyclic N) is 1. The molecule has 2 aliphatic heterocycles. The van der Waals surface area contributed by atoms with Crippen LogP contribution in [-0.4, -0.2) is 85.7 Å². The van der Waals surface area contributed by atoms with Gasteiger partial charge in [0.05, 0.1) is 17.9 Å². The Morgan fingerprint density at radius 1 is 0.793 bits per heavy atom. The zero-order valence-corrected chi connectivity index (χ0v) is 16.6. The molecule has 0 aliphatic carbocycles. The van der Waals surface area contributed by atoms with E-state index in [2.05, 4.69) is 48.0 Å². The molecule has 1 aromatic carbocycles. The van der Waals surface area contributed by atoms with Crippen LogP contribution >= 0.6 is 0 Å². The van der Waals surface area contributed by atoms with Crippen LogP contribution in [0.1, 0.15) is 5.56 Å². The van der Waals surface area contributed by atoms with Crippen LogP contribution in [0.3, 0.4) is 0 Å². The first-order valence-electron chi connectivity index (χ1n) is 10.2. The van der Waals surface area contributed by atoms with Crippen molar-refractivity contribution in [2.75, 3.05) is 80.2 Å². The van der Waals surface area contributed by atoms with Gasteiger partial charge in [-0.25, -0.2) is 0 Å². The van der Waals surface area contributed by atoms with E-state index in [1.54, 1.807) is 0 Å². The monoisotopic (exact) mass is 393 g/mol. The summed E-state index contributed by atoms with van der Waals surface area (Å²) in [4.78, 5) is 9.04. The molecule has 4 rings (SSSR count). The molecule has 0 unspecified atom stereocenters. The molecule has 0 saturated carbocycles. The summed E-state index contributed by atoms with van der Waals surface area (Å²) in [6.07, 6.45) is 0. The van der Waals surface area contributed by atoms with E-state index >= 15 is 0 Å². The summed E-state index contributed by atoms with van der Waals surface area (Å²) in [5, 5.41) is 27.3. The van der Waals surface area contributed by atoms with E-state index in [-0.39, 0.29) is 6.61 Å². The van der Waals surface area contributed by atoms with Gasteiger partial charge < -0.3 is 19.8 Å². The van der Waals surface area contributed by atoms with Crippen molar-refractivity contribution >= 4 is 17.3 Å². The van der Waals surface area contributed by atoms with Crippen LogP contribution in [0.2, 0.25) is 0 Å². The quantitative estimate of drug-likeness (QED) is 0.798. The van der Waals surface area contributed by atoms with E-state index in [1.807, 2.05) is 24.3 Å². The molecule has 1 aromatic heterocycles. The number of para-hydroxylation sites is 1. The van der Waals surface area contributed by atoms with Gasteiger partial charge in [-0.3, -0.25) is 4.90 Å². The highest BCUT2D eigenvalue weighted by Crippen LogP contribution is 2.23.